The summed E-state index contributed by atoms with van der Waals surface area (Å²) < 4.78 is 0. The summed E-state index contributed by atoms with van der Waals surface area (Å²) in [7, 11) is 0. The quantitative estimate of drug-likeness (QED) is 0.703. The van der Waals surface area contributed by atoms with Gasteiger partial charge in [-0.1, -0.05) is 81.5 Å². The molecule has 1 aliphatic carbocycles. The van der Waals surface area contributed by atoms with E-state index in [4.69, 9.17) is 11.6 Å². The van der Waals surface area contributed by atoms with Crippen LogP contribution in [0.2, 0.25) is 5.02 Å². The Bertz CT molecular complexity index is 459. The molecule has 134 valence electrons. The molecule has 0 radical (unpaired) electrons. The predicted octanol–water partition coefficient (Wildman–Crippen LogP) is 6.06. The van der Waals surface area contributed by atoms with Crippen molar-refractivity contribution in [2.24, 2.45) is 0 Å². The second kappa shape index (κ2) is 11.5. The van der Waals surface area contributed by atoms with Crippen LogP contribution in [0.4, 0.5) is 0 Å². The van der Waals surface area contributed by atoms with Gasteiger partial charge in [0.05, 0.1) is 0 Å². The molecule has 1 N–H and O–H groups in total. The maximum atomic E-state index is 12.3. The number of halogens is 1. The van der Waals surface area contributed by atoms with E-state index < -0.39 is 0 Å². The van der Waals surface area contributed by atoms with Crippen molar-refractivity contribution in [2.45, 2.75) is 89.5 Å². The number of hydrogen-bond acceptors (Lipinski definition) is 1. The smallest absolute Gasteiger partial charge is 0.220 e. The van der Waals surface area contributed by atoms with Crippen molar-refractivity contribution in [1.82, 2.24) is 5.32 Å². The molecule has 24 heavy (non-hydrogen) atoms. The molecule has 0 atom stereocenters. The summed E-state index contributed by atoms with van der Waals surface area (Å²) in [5, 5.41) is 4.03. The number of carbonyl (C=O) groups excluding carboxylic acids is 1. The third-order valence-corrected chi connectivity index (χ3v) is 5.28. The van der Waals surface area contributed by atoms with Gasteiger partial charge < -0.3 is 5.32 Å². The summed E-state index contributed by atoms with van der Waals surface area (Å²) in [6, 6.07) is 8.17. The summed E-state index contributed by atoms with van der Waals surface area (Å²) in [5.74, 6) is 0.196. The molecule has 2 nitrogen and oxygen atoms in total. The van der Waals surface area contributed by atoms with Crippen molar-refractivity contribution in [3.05, 3.63) is 34.9 Å². The van der Waals surface area contributed by atoms with Gasteiger partial charge in [0.15, 0.2) is 0 Å². The molecule has 0 unspecified atom stereocenters. The second-order valence-electron chi connectivity index (χ2n) is 7.15. The maximum absolute atomic E-state index is 12.3. The zero-order valence-electron chi connectivity index (χ0n) is 14.9. The van der Waals surface area contributed by atoms with Gasteiger partial charge in [-0.2, -0.15) is 0 Å². The third kappa shape index (κ3) is 8.19. The van der Waals surface area contributed by atoms with Gasteiger partial charge in [-0.3, -0.25) is 4.79 Å². The molecular formula is C21H32ClNO. The Kier molecular flexibility index (Phi) is 9.27. The van der Waals surface area contributed by atoms with E-state index in [0.29, 0.717) is 12.5 Å². The van der Waals surface area contributed by atoms with E-state index >= 15 is 0 Å². The highest BCUT2D eigenvalue weighted by Crippen LogP contribution is 2.17. The first-order valence-electron chi connectivity index (χ1n) is 9.78. The van der Waals surface area contributed by atoms with E-state index in [-0.39, 0.29) is 5.91 Å². The van der Waals surface area contributed by atoms with Gasteiger partial charge in [0.1, 0.15) is 0 Å². The lowest BCUT2D eigenvalue weighted by atomic mass is 9.97. The fourth-order valence-electron chi connectivity index (χ4n) is 3.52. The van der Waals surface area contributed by atoms with Crippen LogP contribution in [0.3, 0.4) is 0 Å². The summed E-state index contributed by atoms with van der Waals surface area (Å²) in [4.78, 5) is 12.3. The maximum Gasteiger partial charge on any atom is 0.220 e. The first kappa shape index (κ1) is 19.3. The van der Waals surface area contributed by atoms with Crippen molar-refractivity contribution >= 4 is 17.5 Å². The molecule has 2 rings (SSSR count). The molecule has 1 aromatic rings. The Balaban J connectivity index is 1.73. The van der Waals surface area contributed by atoms with E-state index in [0.717, 1.165) is 24.3 Å². The lowest BCUT2D eigenvalue weighted by Crippen LogP contribution is -2.35. The lowest BCUT2D eigenvalue weighted by Gasteiger charge is -2.19. The van der Waals surface area contributed by atoms with E-state index in [1.165, 1.54) is 63.4 Å². The van der Waals surface area contributed by atoms with E-state index in [2.05, 4.69) is 5.32 Å². The number of benzene rings is 1. The molecule has 0 aromatic heterocycles. The van der Waals surface area contributed by atoms with Crippen LogP contribution in [0.5, 0.6) is 0 Å². The van der Waals surface area contributed by atoms with Crippen LogP contribution in [-0.2, 0) is 11.2 Å². The minimum Gasteiger partial charge on any atom is -0.353 e. The average Bonchev–Trinajstić information content (AvgIpc) is 2.57. The van der Waals surface area contributed by atoms with Gasteiger partial charge >= 0.3 is 0 Å². The average molecular weight is 350 g/mol. The zero-order valence-corrected chi connectivity index (χ0v) is 15.6. The van der Waals surface area contributed by atoms with Crippen molar-refractivity contribution < 1.29 is 4.79 Å². The molecule has 1 saturated carbocycles. The normalized spacial score (nSPS) is 18.4. The molecule has 1 amide bonds. The van der Waals surface area contributed by atoms with Crippen molar-refractivity contribution in [3.63, 3.8) is 0 Å². The highest BCUT2D eigenvalue weighted by Gasteiger charge is 2.12. The lowest BCUT2D eigenvalue weighted by molar-refractivity contribution is -0.121. The zero-order chi connectivity index (χ0) is 17.0. The largest absolute Gasteiger partial charge is 0.353 e. The molecule has 1 aliphatic rings. The Morgan fingerprint density at radius 2 is 1.38 bits per heavy atom. The molecule has 0 bridgehead atoms. The summed E-state index contributed by atoms with van der Waals surface area (Å²) in [6.07, 6.45) is 15.7. The van der Waals surface area contributed by atoms with Crippen molar-refractivity contribution in [1.29, 1.82) is 0 Å². The van der Waals surface area contributed by atoms with E-state index in [9.17, 15) is 4.79 Å². The number of nitrogens with one attached hydrogen (secondary N) is 1. The molecule has 0 aliphatic heterocycles. The molecule has 1 fully saturated rings. The first-order chi connectivity index (χ1) is 11.7. The first-order valence-corrected chi connectivity index (χ1v) is 10.2. The summed E-state index contributed by atoms with van der Waals surface area (Å²) in [5.41, 5.74) is 1.17. The number of amides is 1. The summed E-state index contributed by atoms with van der Waals surface area (Å²) >= 11 is 5.90. The molecule has 1 aromatic carbocycles. The van der Waals surface area contributed by atoms with Crippen LogP contribution in [0.1, 0.15) is 82.6 Å². The second-order valence-corrected chi connectivity index (χ2v) is 7.59. The van der Waals surface area contributed by atoms with Gasteiger partial charge in [0.25, 0.3) is 0 Å². The van der Waals surface area contributed by atoms with Gasteiger partial charge in [-0.15, -0.1) is 0 Å². The van der Waals surface area contributed by atoms with Crippen LogP contribution >= 0.6 is 11.6 Å². The SMILES string of the molecule is O=C(CCc1ccc(Cl)cc1)NC1CCCCCCCCCCC1. The van der Waals surface area contributed by atoms with Crippen molar-refractivity contribution in [3.8, 4) is 0 Å². The minimum atomic E-state index is 0.196. The topological polar surface area (TPSA) is 29.1 Å². The third-order valence-electron chi connectivity index (χ3n) is 5.02. The van der Waals surface area contributed by atoms with Crippen LogP contribution < -0.4 is 5.32 Å². The van der Waals surface area contributed by atoms with E-state index in [1.54, 1.807) is 0 Å². The molecular weight excluding hydrogens is 318 g/mol. The summed E-state index contributed by atoms with van der Waals surface area (Å²) in [6.45, 7) is 0. The number of aryl methyl sites for hydroxylation is 1. The van der Waals surface area contributed by atoms with Gasteiger partial charge in [0, 0.05) is 17.5 Å². The number of hydrogen-bond donors (Lipinski definition) is 1. The molecule has 0 saturated heterocycles. The Morgan fingerprint density at radius 1 is 0.875 bits per heavy atom. The minimum absolute atomic E-state index is 0.196. The van der Waals surface area contributed by atoms with Crippen LogP contribution in [0.25, 0.3) is 0 Å². The predicted molar refractivity (Wildman–Crippen MR) is 102 cm³/mol. The Hall–Kier alpha value is -1.02. The Labute approximate surface area is 152 Å². The number of rotatable bonds is 4. The fraction of sp³-hybridized carbons (Fsp3) is 0.667. The monoisotopic (exact) mass is 349 g/mol. The van der Waals surface area contributed by atoms with Crippen LogP contribution in [0, 0.1) is 0 Å². The fourth-order valence-corrected chi connectivity index (χ4v) is 3.64. The standard InChI is InChI=1S/C21H32ClNO/c22-19-15-12-18(13-16-19)14-17-21(24)23-20-10-8-6-4-2-1-3-5-7-9-11-20/h12-13,15-16,20H,1-11,14,17H2,(H,23,24). The van der Waals surface area contributed by atoms with Gasteiger partial charge in [-0.25, -0.2) is 0 Å². The highest BCUT2D eigenvalue weighted by atomic mass is 35.5. The Morgan fingerprint density at radius 3 is 1.92 bits per heavy atom. The van der Waals surface area contributed by atoms with Gasteiger partial charge in [-0.05, 0) is 37.0 Å². The van der Waals surface area contributed by atoms with E-state index in [1.807, 2.05) is 24.3 Å². The van der Waals surface area contributed by atoms with Crippen LogP contribution in [-0.4, -0.2) is 11.9 Å². The van der Waals surface area contributed by atoms with Gasteiger partial charge in [0.2, 0.25) is 5.91 Å². The highest BCUT2D eigenvalue weighted by molar-refractivity contribution is 6.30. The molecule has 0 heterocycles. The van der Waals surface area contributed by atoms with Crippen molar-refractivity contribution in [2.75, 3.05) is 0 Å². The number of carbonyl (C=O) groups is 1. The molecule has 3 heteroatoms. The molecule has 0 spiro atoms. The van der Waals surface area contributed by atoms with Crippen LogP contribution in [0.15, 0.2) is 24.3 Å².